The molecule has 0 spiro atoms. The van der Waals surface area contributed by atoms with Crippen molar-refractivity contribution in [3.63, 3.8) is 0 Å². The van der Waals surface area contributed by atoms with Crippen molar-refractivity contribution in [2.24, 2.45) is 5.73 Å². The molecular formula is C7H15NO5. The van der Waals surface area contributed by atoms with Gasteiger partial charge in [0.05, 0.1) is 12.7 Å². The van der Waals surface area contributed by atoms with Gasteiger partial charge in [0, 0.05) is 6.04 Å². The van der Waals surface area contributed by atoms with E-state index >= 15 is 0 Å². The Labute approximate surface area is 75.2 Å². The minimum atomic E-state index is -1.82. The van der Waals surface area contributed by atoms with Crippen molar-refractivity contribution in [2.45, 2.75) is 36.4 Å². The molecule has 78 valence electrons. The standard InChI is InChI=1S/C7H15NO5/c8-3-1-7(13,2-9)6(12)5(11)4(3)10/h3-6,9-13H,1-2,8H2/t3?,4?,5?,6?,7-/m0/s1. The fourth-order valence-electron chi connectivity index (χ4n) is 1.57. The average Bonchev–Trinajstić information content (AvgIpc) is 2.12. The molecule has 6 nitrogen and oxygen atoms in total. The normalized spacial score (nSPS) is 52.2. The van der Waals surface area contributed by atoms with Crippen molar-refractivity contribution in [3.05, 3.63) is 0 Å². The Morgan fingerprint density at radius 3 is 2.23 bits per heavy atom. The van der Waals surface area contributed by atoms with Gasteiger partial charge in [0.2, 0.25) is 0 Å². The van der Waals surface area contributed by atoms with Gasteiger partial charge < -0.3 is 31.3 Å². The van der Waals surface area contributed by atoms with E-state index in [4.69, 9.17) is 10.8 Å². The van der Waals surface area contributed by atoms with Gasteiger partial charge in [-0.3, -0.25) is 0 Å². The molecule has 1 aliphatic rings. The molecule has 5 atom stereocenters. The van der Waals surface area contributed by atoms with E-state index in [2.05, 4.69) is 0 Å². The molecule has 0 heterocycles. The third kappa shape index (κ3) is 1.69. The van der Waals surface area contributed by atoms with Crippen LogP contribution in [0.25, 0.3) is 0 Å². The summed E-state index contributed by atoms with van der Waals surface area (Å²) in [5.41, 5.74) is 3.57. The molecule has 0 bridgehead atoms. The van der Waals surface area contributed by atoms with Crippen molar-refractivity contribution in [3.8, 4) is 0 Å². The minimum Gasteiger partial charge on any atom is -0.393 e. The van der Waals surface area contributed by atoms with Crippen LogP contribution < -0.4 is 5.73 Å². The predicted molar refractivity (Wildman–Crippen MR) is 42.6 cm³/mol. The van der Waals surface area contributed by atoms with Crippen LogP contribution in [0.15, 0.2) is 0 Å². The maximum Gasteiger partial charge on any atom is 0.118 e. The molecule has 0 aliphatic heterocycles. The molecule has 7 N–H and O–H groups in total. The Morgan fingerprint density at radius 1 is 1.23 bits per heavy atom. The van der Waals surface area contributed by atoms with Crippen LogP contribution in [0, 0.1) is 0 Å². The van der Waals surface area contributed by atoms with Gasteiger partial charge >= 0.3 is 0 Å². The molecule has 4 unspecified atom stereocenters. The molecule has 6 heteroatoms. The predicted octanol–water partition coefficient (Wildman–Crippen LogP) is -3.48. The quantitative estimate of drug-likeness (QED) is 0.257. The summed E-state index contributed by atoms with van der Waals surface area (Å²) in [6, 6.07) is -0.851. The highest BCUT2D eigenvalue weighted by Crippen LogP contribution is 2.28. The van der Waals surface area contributed by atoms with Crippen LogP contribution in [0.1, 0.15) is 6.42 Å². The Morgan fingerprint density at radius 2 is 1.77 bits per heavy atom. The first-order chi connectivity index (χ1) is 5.92. The van der Waals surface area contributed by atoms with Crippen LogP contribution in [0.2, 0.25) is 0 Å². The third-order valence-corrected chi connectivity index (χ3v) is 2.53. The van der Waals surface area contributed by atoms with Gasteiger partial charge in [-0.1, -0.05) is 0 Å². The van der Waals surface area contributed by atoms with E-state index in [-0.39, 0.29) is 6.42 Å². The van der Waals surface area contributed by atoms with Crippen molar-refractivity contribution >= 4 is 0 Å². The van der Waals surface area contributed by atoms with E-state index in [9.17, 15) is 20.4 Å². The number of rotatable bonds is 1. The molecular weight excluding hydrogens is 178 g/mol. The molecule has 0 amide bonds. The Hall–Kier alpha value is -0.240. The molecule has 0 aromatic rings. The summed E-state index contributed by atoms with van der Waals surface area (Å²) >= 11 is 0. The van der Waals surface area contributed by atoms with Crippen LogP contribution >= 0.6 is 0 Å². The van der Waals surface area contributed by atoms with Gasteiger partial charge in [0.1, 0.15) is 17.8 Å². The number of hydrogen-bond donors (Lipinski definition) is 6. The summed E-state index contributed by atoms with van der Waals surface area (Å²) in [4.78, 5) is 0. The number of nitrogens with two attached hydrogens (primary N) is 1. The van der Waals surface area contributed by atoms with E-state index in [1.807, 2.05) is 0 Å². The van der Waals surface area contributed by atoms with Crippen LogP contribution in [0.5, 0.6) is 0 Å². The van der Waals surface area contributed by atoms with Gasteiger partial charge in [-0.15, -0.1) is 0 Å². The highest BCUT2D eigenvalue weighted by Gasteiger charge is 2.49. The largest absolute Gasteiger partial charge is 0.393 e. The van der Waals surface area contributed by atoms with Crippen molar-refractivity contribution in [1.29, 1.82) is 0 Å². The highest BCUT2D eigenvalue weighted by molar-refractivity contribution is 5.03. The van der Waals surface area contributed by atoms with E-state index in [0.717, 1.165) is 0 Å². The summed E-state index contributed by atoms with van der Waals surface area (Å²) in [6.07, 6.45) is -4.53. The average molecular weight is 193 g/mol. The molecule has 1 aliphatic carbocycles. The molecule has 1 fully saturated rings. The van der Waals surface area contributed by atoms with Crippen molar-refractivity contribution in [2.75, 3.05) is 6.61 Å². The molecule has 1 saturated carbocycles. The fraction of sp³-hybridized carbons (Fsp3) is 1.00. The molecule has 0 aromatic carbocycles. The number of aliphatic hydroxyl groups is 5. The molecule has 0 saturated heterocycles. The zero-order chi connectivity index (χ0) is 10.2. The van der Waals surface area contributed by atoms with Gasteiger partial charge in [-0.05, 0) is 6.42 Å². The first kappa shape index (κ1) is 10.8. The van der Waals surface area contributed by atoms with Crippen LogP contribution in [-0.2, 0) is 0 Å². The maximum absolute atomic E-state index is 9.56. The lowest BCUT2D eigenvalue weighted by molar-refractivity contribution is -0.203. The first-order valence-corrected chi connectivity index (χ1v) is 4.05. The van der Waals surface area contributed by atoms with E-state index in [1.54, 1.807) is 0 Å². The Kier molecular flexibility index (Phi) is 2.91. The Bertz CT molecular complexity index is 190. The molecule has 0 aromatic heterocycles. The van der Waals surface area contributed by atoms with E-state index < -0.39 is 36.6 Å². The number of aliphatic hydroxyl groups excluding tert-OH is 4. The van der Waals surface area contributed by atoms with E-state index in [1.165, 1.54) is 0 Å². The summed E-state index contributed by atoms with van der Waals surface area (Å²) in [7, 11) is 0. The summed E-state index contributed by atoms with van der Waals surface area (Å²) in [5.74, 6) is 0. The summed E-state index contributed by atoms with van der Waals surface area (Å²) < 4.78 is 0. The van der Waals surface area contributed by atoms with Gasteiger partial charge in [-0.25, -0.2) is 0 Å². The molecule has 0 radical (unpaired) electrons. The van der Waals surface area contributed by atoms with Gasteiger partial charge in [0.25, 0.3) is 0 Å². The second-order valence-corrected chi connectivity index (χ2v) is 3.56. The van der Waals surface area contributed by atoms with E-state index in [0.29, 0.717) is 0 Å². The number of hydrogen-bond acceptors (Lipinski definition) is 6. The summed E-state index contributed by atoms with van der Waals surface area (Å²) in [6.45, 7) is -0.703. The second kappa shape index (κ2) is 3.49. The SMILES string of the molecule is NC1C[C@](O)(CO)C(O)C(O)C1O. The fourth-order valence-corrected chi connectivity index (χ4v) is 1.57. The second-order valence-electron chi connectivity index (χ2n) is 3.56. The van der Waals surface area contributed by atoms with Gasteiger partial charge in [0.15, 0.2) is 0 Å². The van der Waals surface area contributed by atoms with Crippen LogP contribution in [-0.4, -0.2) is 62.1 Å². The highest BCUT2D eigenvalue weighted by atomic mass is 16.4. The minimum absolute atomic E-state index is 0.150. The third-order valence-electron chi connectivity index (χ3n) is 2.53. The summed E-state index contributed by atoms with van der Waals surface area (Å²) in [5, 5.41) is 46.1. The van der Waals surface area contributed by atoms with Crippen molar-refractivity contribution in [1.82, 2.24) is 0 Å². The zero-order valence-electron chi connectivity index (χ0n) is 7.04. The van der Waals surface area contributed by atoms with Crippen LogP contribution in [0.4, 0.5) is 0 Å². The topological polar surface area (TPSA) is 127 Å². The Balaban J connectivity index is 2.82. The molecule has 13 heavy (non-hydrogen) atoms. The lowest BCUT2D eigenvalue weighted by Gasteiger charge is -2.43. The maximum atomic E-state index is 9.56. The van der Waals surface area contributed by atoms with Gasteiger partial charge in [-0.2, -0.15) is 0 Å². The van der Waals surface area contributed by atoms with Crippen LogP contribution in [0.3, 0.4) is 0 Å². The lowest BCUT2D eigenvalue weighted by atomic mass is 9.77. The molecule has 1 rings (SSSR count). The zero-order valence-corrected chi connectivity index (χ0v) is 7.04. The smallest absolute Gasteiger partial charge is 0.118 e. The monoisotopic (exact) mass is 193 g/mol. The van der Waals surface area contributed by atoms with Crippen molar-refractivity contribution < 1.29 is 25.5 Å². The first-order valence-electron chi connectivity index (χ1n) is 4.05. The lowest BCUT2D eigenvalue weighted by Crippen LogP contribution is -2.66.